The van der Waals surface area contributed by atoms with E-state index in [2.05, 4.69) is 56.2 Å². The highest BCUT2D eigenvalue weighted by molar-refractivity contribution is 5.75. The van der Waals surface area contributed by atoms with Gasteiger partial charge in [0.25, 0.3) is 0 Å². The van der Waals surface area contributed by atoms with Crippen molar-refractivity contribution in [3.8, 4) is 0 Å². The number of ether oxygens (including phenoxy) is 1. The van der Waals surface area contributed by atoms with E-state index in [1.165, 1.54) is 0 Å². The van der Waals surface area contributed by atoms with Crippen LogP contribution in [0, 0.1) is 0 Å². The van der Waals surface area contributed by atoms with E-state index in [9.17, 15) is 20.1 Å². The highest BCUT2D eigenvalue weighted by atomic mass is 16.5. The molecule has 0 aromatic rings. The Kier molecular flexibility index (Phi) is 8.27. The first-order valence-corrected chi connectivity index (χ1v) is 12.8. The molecule has 0 saturated carbocycles. The van der Waals surface area contributed by atoms with Crippen LogP contribution in [-0.2, 0) is 9.53 Å². The van der Waals surface area contributed by atoms with Crippen LogP contribution in [0.25, 0.3) is 0 Å². The molecular weight excluding hydrogens is 410 g/mol. The van der Waals surface area contributed by atoms with Gasteiger partial charge in [0, 0.05) is 36.3 Å². The Hall–Kier alpha value is -0.770. The Bertz CT molecular complexity index is 559. The Morgan fingerprint density at radius 2 is 1.09 bits per heavy atom. The average Bonchev–Trinajstić information content (AvgIpc) is 3.71. The Morgan fingerprint density at radius 1 is 0.781 bits per heavy atom. The molecular formula is C24H45N3O5. The zero-order valence-corrected chi connectivity index (χ0v) is 20.8. The Morgan fingerprint density at radius 3 is 1.31 bits per heavy atom. The summed E-state index contributed by atoms with van der Waals surface area (Å²) >= 11 is 0. The fourth-order valence-corrected chi connectivity index (χ4v) is 6.70. The fraction of sp³-hybridized carbons (Fsp3) is 0.958. The maximum absolute atomic E-state index is 12.9. The van der Waals surface area contributed by atoms with Crippen LogP contribution in [0.2, 0.25) is 0 Å². The lowest BCUT2D eigenvalue weighted by Crippen LogP contribution is -2.67. The van der Waals surface area contributed by atoms with Crippen molar-refractivity contribution >= 4 is 5.97 Å². The number of hydrogen-bond donors (Lipinski definition) is 3. The van der Waals surface area contributed by atoms with Crippen LogP contribution < -0.4 is 0 Å². The summed E-state index contributed by atoms with van der Waals surface area (Å²) in [5, 5.41) is 29.9. The molecule has 0 radical (unpaired) electrons. The van der Waals surface area contributed by atoms with Gasteiger partial charge in [-0.05, 0) is 38.5 Å². The SMILES string of the molecule is CCC1C(CC)N1C(C(OCC(O)CO)C(=O)O)(N1C(CC)C1CC)N1C(CC)C1CC. The third-order valence-electron chi connectivity index (χ3n) is 8.10. The van der Waals surface area contributed by atoms with E-state index in [1.807, 2.05) is 0 Å². The van der Waals surface area contributed by atoms with Crippen LogP contribution in [0.4, 0.5) is 0 Å². The van der Waals surface area contributed by atoms with Gasteiger partial charge >= 0.3 is 5.97 Å². The van der Waals surface area contributed by atoms with Crippen LogP contribution in [0.1, 0.15) is 80.1 Å². The van der Waals surface area contributed by atoms with Gasteiger partial charge < -0.3 is 20.1 Å². The van der Waals surface area contributed by atoms with Crippen molar-refractivity contribution in [2.24, 2.45) is 0 Å². The van der Waals surface area contributed by atoms with Crippen molar-refractivity contribution in [2.45, 2.75) is 134 Å². The molecule has 3 saturated heterocycles. The van der Waals surface area contributed by atoms with E-state index in [1.54, 1.807) is 0 Å². The molecule has 0 spiro atoms. The van der Waals surface area contributed by atoms with Gasteiger partial charge in [0.15, 0.2) is 5.79 Å². The molecule has 3 aliphatic rings. The van der Waals surface area contributed by atoms with Crippen LogP contribution in [0.15, 0.2) is 0 Å². The summed E-state index contributed by atoms with van der Waals surface area (Å²) in [5.41, 5.74) is 0. The third-order valence-corrected chi connectivity index (χ3v) is 8.10. The molecule has 32 heavy (non-hydrogen) atoms. The molecule has 0 aromatic carbocycles. The second-order valence-corrected chi connectivity index (χ2v) is 9.65. The number of aliphatic hydroxyl groups excluding tert-OH is 2. The first-order chi connectivity index (χ1) is 15.3. The van der Waals surface area contributed by atoms with Gasteiger partial charge in [0.1, 0.15) is 6.10 Å². The quantitative estimate of drug-likeness (QED) is 0.323. The molecule has 3 rings (SSSR count). The van der Waals surface area contributed by atoms with Crippen molar-refractivity contribution in [3.05, 3.63) is 0 Å². The molecule has 0 aliphatic carbocycles. The first-order valence-electron chi connectivity index (χ1n) is 12.8. The van der Waals surface area contributed by atoms with Gasteiger partial charge in [-0.3, -0.25) is 14.7 Å². The number of aliphatic hydroxyl groups is 2. The lowest BCUT2D eigenvalue weighted by Gasteiger charge is -2.45. The summed E-state index contributed by atoms with van der Waals surface area (Å²) in [6.45, 7) is 12.4. The van der Waals surface area contributed by atoms with Crippen molar-refractivity contribution in [3.63, 3.8) is 0 Å². The Labute approximate surface area is 193 Å². The highest BCUT2D eigenvalue weighted by Gasteiger charge is 2.77. The molecule has 8 heteroatoms. The molecule has 3 fully saturated rings. The van der Waals surface area contributed by atoms with Crippen LogP contribution >= 0.6 is 0 Å². The van der Waals surface area contributed by atoms with E-state index < -0.39 is 30.6 Å². The maximum Gasteiger partial charge on any atom is 0.337 e. The third kappa shape index (κ3) is 4.01. The van der Waals surface area contributed by atoms with Gasteiger partial charge in [-0.15, -0.1) is 0 Å². The zero-order chi connectivity index (χ0) is 23.8. The van der Waals surface area contributed by atoms with Crippen molar-refractivity contribution in [2.75, 3.05) is 13.2 Å². The number of carbonyl (C=O) groups is 1. The number of aliphatic carboxylic acids is 1. The average molecular weight is 456 g/mol. The molecule has 186 valence electrons. The van der Waals surface area contributed by atoms with E-state index in [0.717, 1.165) is 38.5 Å². The topological polar surface area (TPSA) is 96.0 Å². The zero-order valence-electron chi connectivity index (χ0n) is 20.8. The standard InChI is InChI=1S/C24H45N3O5/c1-7-16-17(8-2)25(16)24(26-18(9-3)19(26)10-4,27-20(11-5)21(27)12-6)22(23(30)31)32-14-15(29)13-28/h15-22,28-29H,7-14H2,1-6H3,(H,30,31). The molecule has 0 aromatic heterocycles. The summed E-state index contributed by atoms with van der Waals surface area (Å²) in [6.07, 6.45) is 3.57. The Balaban J connectivity index is 2.14. The maximum atomic E-state index is 12.9. The second kappa shape index (κ2) is 10.2. The second-order valence-electron chi connectivity index (χ2n) is 9.65. The predicted molar refractivity (Wildman–Crippen MR) is 123 cm³/mol. The molecule has 3 heterocycles. The van der Waals surface area contributed by atoms with Gasteiger partial charge in [-0.1, -0.05) is 41.5 Å². The molecule has 0 amide bonds. The lowest BCUT2D eigenvalue weighted by atomic mass is 10.1. The van der Waals surface area contributed by atoms with Crippen molar-refractivity contribution in [1.29, 1.82) is 0 Å². The smallest absolute Gasteiger partial charge is 0.337 e. The van der Waals surface area contributed by atoms with Crippen LogP contribution in [0.3, 0.4) is 0 Å². The number of carboxylic acids is 1. The minimum Gasteiger partial charge on any atom is -0.479 e. The fourth-order valence-electron chi connectivity index (χ4n) is 6.70. The van der Waals surface area contributed by atoms with E-state index in [0.29, 0.717) is 36.3 Å². The minimum absolute atomic E-state index is 0.195. The van der Waals surface area contributed by atoms with Gasteiger partial charge in [0.2, 0.25) is 6.10 Å². The van der Waals surface area contributed by atoms with Gasteiger partial charge in [-0.2, -0.15) is 0 Å². The summed E-state index contributed by atoms with van der Waals surface area (Å²) in [4.78, 5) is 20.1. The van der Waals surface area contributed by atoms with E-state index >= 15 is 0 Å². The molecule has 0 bridgehead atoms. The molecule has 8 nitrogen and oxygen atoms in total. The van der Waals surface area contributed by atoms with Gasteiger partial charge in [0.05, 0.1) is 13.2 Å². The lowest BCUT2D eigenvalue weighted by molar-refractivity contribution is -0.195. The normalized spacial score (nSPS) is 41.6. The number of rotatable bonds is 15. The predicted octanol–water partition coefficient (Wildman–Crippen LogP) is 2.08. The first kappa shape index (κ1) is 25.8. The molecule has 3 aliphatic heterocycles. The minimum atomic E-state index is -1.13. The summed E-state index contributed by atoms with van der Waals surface area (Å²) in [5.74, 6) is -1.87. The van der Waals surface area contributed by atoms with Gasteiger partial charge in [-0.25, -0.2) is 4.79 Å². The number of hydrogen-bond acceptors (Lipinski definition) is 7. The summed E-state index contributed by atoms with van der Waals surface area (Å²) in [7, 11) is 0. The van der Waals surface area contributed by atoms with Crippen molar-refractivity contribution in [1.82, 2.24) is 14.7 Å². The highest BCUT2D eigenvalue weighted by Crippen LogP contribution is 2.59. The number of nitrogens with zero attached hydrogens (tertiary/aromatic N) is 3. The van der Waals surface area contributed by atoms with E-state index in [4.69, 9.17) is 4.74 Å². The summed E-state index contributed by atoms with van der Waals surface area (Å²) < 4.78 is 6.05. The number of carboxylic acid groups (broad SMARTS) is 1. The van der Waals surface area contributed by atoms with Crippen LogP contribution in [-0.4, -0.2) is 103 Å². The largest absolute Gasteiger partial charge is 0.479 e. The summed E-state index contributed by atoms with van der Waals surface area (Å²) in [6, 6.07) is 1.91. The molecule has 8 atom stereocenters. The monoisotopic (exact) mass is 455 g/mol. The molecule has 8 unspecified atom stereocenters. The van der Waals surface area contributed by atoms with E-state index in [-0.39, 0.29) is 6.61 Å². The van der Waals surface area contributed by atoms with Crippen molar-refractivity contribution < 1.29 is 24.9 Å². The van der Waals surface area contributed by atoms with Crippen LogP contribution in [0.5, 0.6) is 0 Å². The molecule has 3 N–H and O–H groups in total.